The maximum Gasteiger partial charge on any atom is 0.0126 e. The lowest BCUT2D eigenvalue weighted by Gasteiger charge is -2.54. The molecule has 0 spiro atoms. The van der Waals surface area contributed by atoms with Crippen LogP contribution in [0.15, 0.2) is 0 Å². The Hall–Kier alpha value is -0.160. The lowest BCUT2D eigenvalue weighted by molar-refractivity contribution is -0.0373. The summed E-state index contributed by atoms with van der Waals surface area (Å²) in [5.74, 6) is 4.71. The molecule has 0 aliphatic heterocycles. The second-order valence-corrected chi connectivity index (χ2v) is 25.3. The zero-order valence-electron chi connectivity index (χ0n) is 41.7. The predicted molar refractivity (Wildman–Crippen MR) is 265 cm³/mol. The van der Waals surface area contributed by atoms with Crippen LogP contribution in [0, 0.1) is 29.6 Å². The summed E-state index contributed by atoms with van der Waals surface area (Å²) in [6, 6.07) is 9.37. The predicted octanol–water partition coefficient (Wildman–Crippen LogP) is 15.0. The van der Waals surface area contributed by atoms with E-state index in [1.807, 2.05) is 0 Å². The highest BCUT2D eigenvalue weighted by molar-refractivity contribution is 5.00. The van der Waals surface area contributed by atoms with Gasteiger partial charge in [0.05, 0.1) is 0 Å². The largest absolute Gasteiger partial charge is 0.311 e. The zero-order valence-corrected chi connectivity index (χ0v) is 41.7. The third-order valence-corrected chi connectivity index (χ3v) is 20.9. The fraction of sp³-hybridized carbons (Fsp3) is 1.00. The van der Waals surface area contributed by atoms with Gasteiger partial charge in [-0.2, -0.15) is 0 Å². The van der Waals surface area contributed by atoms with Crippen LogP contribution in [0.25, 0.3) is 0 Å². The van der Waals surface area contributed by atoms with Crippen LogP contribution in [0.2, 0.25) is 0 Å². The fourth-order valence-corrected chi connectivity index (χ4v) is 17.9. The first kappa shape index (κ1) is 46.9. The van der Waals surface area contributed by atoms with Crippen molar-refractivity contribution in [3.8, 4) is 0 Å². The van der Waals surface area contributed by atoms with E-state index in [1.54, 1.807) is 0 Å². The standard InChI is InChI=1S/C58H104N4/c1-43-16-13-21-47(40-43)58(46-19-7-4-8-20-46)59-48-28-30-51(31-29-48)60(52-32-36-54(37-33-52)61(49-22-9-5-10-23-49)56-26-14-17-44(2)41-56)53-34-38-55(39-35-53)62(50-24-11-6-12-25-50)57-27-15-18-45(3)42-57/h43-59H,4-42H2,1-3H3. The zero-order chi connectivity index (χ0) is 42.3. The smallest absolute Gasteiger partial charge is 0.0126 e. The van der Waals surface area contributed by atoms with Crippen molar-refractivity contribution in [2.24, 2.45) is 29.6 Å². The minimum absolute atomic E-state index is 0.771. The van der Waals surface area contributed by atoms with Crippen molar-refractivity contribution in [1.29, 1.82) is 0 Å². The van der Waals surface area contributed by atoms with Crippen molar-refractivity contribution in [2.45, 2.75) is 338 Å². The van der Waals surface area contributed by atoms with Gasteiger partial charge in [0.15, 0.2) is 0 Å². The summed E-state index contributed by atoms with van der Waals surface area (Å²) in [7, 11) is 0. The maximum atomic E-state index is 4.57. The molecule has 0 aromatic rings. The molecule has 0 radical (unpaired) electrons. The Bertz CT molecular complexity index is 1200. The number of hydrogen-bond acceptors (Lipinski definition) is 4. The summed E-state index contributed by atoms with van der Waals surface area (Å²) in [4.78, 5) is 9.89. The van der Waals surface area contributed by atoms with Crippen LogP contribution in [-0.2, 0) is 0 Å². The van der Waals surface area contributed by atoms with Gasteiger partial charge < -0.3 is 5.32 Å². The van der Waals surface area contributed by atoms with Crippen molar-refractivity contribution in [2.75, 3.05) is 0 Å². The Kier molecular flexibility index (Phi) is 17.6. The van der Waals surface area contributed by atoms with Gasteiger partial charge >= 0.3 is 0 Å². The minimum atomic E-state index is 0.771. The van der Waals surface area contributed by atoms with Crippen LogP contribution in [0.5, 0.6) is 0 Å². The third kappa shape index (κ3) is 11.9. The molecule has 0 amide bonds. The quantitative estimate of drug-likeness (QED) is 0.199. The molecule has 356 valence electrons. The lowest BCUT2D eigenvalue weighted by Crippen LogP contribution is -2.58. The van der Waals surface area contributed by atoms with Crippen LogP contribution in [0.3, 0.4) is 0 Å². The molecule has 0 aromatic carbocycles. The normalized spacial score (nSPS) is 41.1. The van der Waals surface area contributed by atoms with Crippen molar-refractivity contribution >= 4 is 0 Å². The average Bonchev–Trinajstić information content (AvgIpc) is 3.31. The first-order valence-electron chi connectivity index (χ1n) is 29.5. The Morgan fingerprint density at radius 2 is 0.581 bits per heavy atom. The van der Waals surface area contributed by atoms with Crippen LogP contribution < -0.4 is 5.32 Å². The van der Waals surface area contributed by atoms with E-state index in [0.717, 1.165) is 96.0 Å². The van der Waals surface area contributed by atoms with Gasteiger partial charge in [-0.05, 0) is 184 Å². The van der Waals surface area contributed by atoms with Gasteiger partial charge in [-0.25, -0.2) is 0 Å². The molecule has 0 saturated heterocycles. The Labute approximate surface area is 385 Å². The Morgan fingerprint density at radius 3 is 0.984 bits per heavy atom. The first-order valence-corrected chi connectivity index (χ1v) is 29.5. The van der Waals surface area contributed by atoms with Crippen LogP contribution >= 0.6 is 0 Å². The molecule has 9 fully saturated rings. The number of nitrogens with one attached hydrogen (secondary N) is 1. The Morgan fingerprint density at radius 1 is 0.274 bits per heavy atom. The minimum Gasteiger partial charge on any atom is -0.311 e. The van der Waals surface area contributed by atoms with E-state index in [4.69, 9.17) is 0 Å². The summed E-state index contributed by atoms with van der Waals surface area (Å²) < 4.78 is 0. The number of rotatable bonds is 13. The summed E-state index contributed by atoms with van der Waals surface area (Å²) in [6.07, 6.45) is 58.1. The molecule has 9 rings (SSSR count). The molecular weight excluding hydrogens is 753 g/mol. The van der Waals surface area contributed by atoms with E-state index in [-0.39, 0.29) is 0 Å². The third-order valence-electron chi connectivity index (χ3n) is 20.9. The number of nitrogens with zero attached hydrogens (tertiary/aromatic N) is 3. The van der Waals surface area contributed by atoms with Gasteiger partial charge in [0, 0.05) is 66.5 Å². The van der Waals surface area contributed by atoms with E-state index >= 15 is 0 Å². The van der Waals surface area contributed by atoms with Crippen molar-refractivity contribution < 1.29 is 0 Å². The highest BCUT2D eigenvalue weighted by atomic mass is 15.3. The summed E-state index contributed by atoms with van der Waals surface area (Å²) in [6.45, 7) is 7.73. The molecule has 9 aliphatic carbocycles. The molecule has 0 aromatic heterocycles. The summed E-state index contributed by atoms with van der Waals surface area (Å²) in [5.41, 5.74) is 0. The molecule has 0 heterocycles. The van der Waals surface area contributed by atoms with E-state index in [1.165, 1.54) is 250 Å². The maximum absolute atomic E-state index is 4.57. The number of hydrogen-bond donors (Lipinski definition) is 1. The molecule has 7 atom stereocenters. The molecular formula is C58H104N4. The van der Waals surface area contributed by atoms with Crippen molar-refractivity contribution in [3.05, 3.63) is 0 Å². The average molecular weight is 857 g/mol. The Balaban J connectivity index is 0.891. The summed E-state index contributed by atoms with van der Waals surface area (Å²) in [5, 5.41) is 4.57. The van der Waals surface area contributed by atoms with Gasteiger partial charge in [0.1, 0.15) is 0 Å². The monoisotopic (exact) mass is 857 g/mol. The topological polar surface area (TPSA) is 21.8 Å². The van der Waals surface area contributed by atoms with E-state index in [9.17, 15) is 0 Å². The lowest BCUT2D eigenvalue weighted by atomic mass is 9.71. The van der Waals surface area contributed by atoms with E-state index < -0.39 is 0 Å². The van der Waals surface area contributed by atoms with Gasteiger partial charge in [-0.15, -0.1) is 0 Å². The van der Waals surface area contributed by atoms with Gasteiger partial charge in [0.25, 0.3) is 0 Å². The van der Waals surface area contributed by atoms with E-state index in [2.05, 4.69) is 40.8 Å². The highest BCUT2D eigenvalue weighted by Gasteiger charge is 2.44. The van der Waals surface area contributed by atoms with Crippen molar-refractivity contribution in [3.63, 3.8) is 0 Å². The molecule has 9 saturated carbocycles. The molecule has 62 heavy (non-hydrogen) atoms. The van der Waals surface area contributed by atoms with Gasteiger partial charge in [-0.1, -0.05) is 117 Å². The van der Waals surface area contributed by atoms with Gasteiger partial charge in [0.2, 0.25) is 0 Å². The fourth-order valence-electron chi connectivity index (χ4n) is 17.9. The second kappa shape index (κ2) is 23.2. The molecule has 9 aliphatic rings. The van der Waals surface area contributed by atoms with Crippen LogP contribution in [0.4, 0.5) is 0 Å². The van der Waals surface area contributed by atoms with E-state index in [0.29, 0.717) is 0 Å². The van der Waals surface area contributed by atoms with Crippen molar-refractivity contribution in [1.82, 2.24) is 20.0 Å². The van der Waals surface area contributed by atoms with Crippen LogP contribution in [0.1, 0.15) is 271 Å². The van der Waals surface area contributed by atoms with Gasteiger partial charge in [-0.3, -0.25) is 14.7 Å². The SMILES string of the molecule is CC1CCCC(C(NC2CCC(N(C3CCC(N(C4CCCCC4)C4CCCC(C)C4)CC3)C3CCC(N(C4CCCCC4)C4CCCC(C)C4)CC3)CC2)C2CCCCC2)C1. The molecule has 7 unspecified atom stereocenters. The highest BCUT2D eigenvalue weighted by Crippen LogP contribution is 2.44. The first-order chi connectivity index (χ1) is 30.5. The molecule has 4 heteroatoms. The summed E-state index contributed by atoms with van der Waals surface area (Å²) >= 11 is 0. The molecule has 4 nitrogen and oxygen atoms in total. The molecule has 1 N–H and O–H groups in total. The van der Waals surface area contributed by atoms with Crippen LogP contribution in [-0.4, -0.2) is 81.2 Å². The second-order valence-electron chi connectivity index (χ2n) is 25.3. The molecule has 0 bridgehead atoms.